The molecular formula is C16H19NO4. The number of carboxylic acid groups (broad SMARTS) is 1. The topological polar surface area (TPSA) is 75.6 Å². The zero-order valence-electron chi connectivity index (χ0n) is 11.7. The van der Waals surface area contributed by atoms with Gasteiger partial charge < -0.3 is 15.2 Å². The van der Waals surface area contributed by atoms with Crippen molar-refractivity contribution in [2.24, 2.45) is 5.92 Å². The molecule has 5 nitrogen and oxygen atoms in total. The van der Waals surface area contributed by atoms with E-state index in [4.69, 9.17) is 9.84 Å². The number of nitrogens with one attached hydrogen (secondary N) is 1. The minimum atomic E-state index is -0.993. The third-order valence-electron chi connectivity index (χ3n) is 3.45. The van der Waals surface area contributed by atoms with Gasteiger partial charge in [0.05, 0.1) is 0 Å². The van der Waals surface area contributed by atoms with Crippen LogP contribution in [-0.4, -0.2) is 36.7 Å². The number of hydrogen-bond acceptors (Lipinski definition) is 3. The molecule has 1 amide bonds. The Morgan fingerprint density at radius 2 is 2.10 bits per heavy atom. The van der Waals surface area contributed by atoms with Crippen LogP contribution in [0.3, 0.4) is 0 Å². The van der Waals surface area contributed by atoms with Crippen LogP contribution in [0.1, 0.15) is 28.8 Å². The Kier molecular flexibility index (Phi) is 5.51. The van der Waals surface area contributed by atoms with Crippen molar-refractivity contribution in [3.8, 4) is 0 Å². The van der Waals surface area contributed by atoms with Crippen molar-refractivity contribution in [3.63, 3.8) is 0 Å². The normalized spacial score (nSPS) is 18.0. The zero-order valence-corrected chi connectivity index (χ0v) is 11.7. The number of carbonyl (C=O) groups is 2. The molecule has 0 aromatic heterocycles. The molecule has 0 radical (unpaired) electrons. The lowest BCUT2D eigenvalue weighted by Crippen LogP contribution is -2.26. The first-order chi connectivity index (χ1) is 10.1. The first-order valence-electron chi connectivity index (χ1n) is 7.02. The molecule has 1 atom stereocenters. The van der Waals surface area contributed by atoms with Gasteiger partial charge >= 0.3 is 5.97 Å². The number of ether oxygens (including phenoxy) is 1. The third kappa shape index (κ3) is 5.04. The summed E-state index contributed by atoms with van der Waals surface area (Å²) >= 11 is 0. The monoisotopic (exact) mass is 289 g/mol. The van der Waals surface area contributed by atoms with Gasteiger partial charge in [-0.05, 0) is 42.5 Å². The molecule has 0 bridgehead atoms. The molecule has 1 saturated heterocycles. The minimum absolute atomic E-state index is 0.109. The van der Waals surface area contributed by atoms with E-state index in [-0.39, 0.29) is 5.91 Å². The summed E-state index contributed by atoms with van der Waals surface area (Å²) in [4.78, 5) is 22.4. The van der Waals surface area contributed by atoms with Gasteiger partial charge in [0, 0.05) is 31.4 Å². The van der Waals surface area contributed by atoms with Crippen LogP contribution in [-0.2, 0) is 9.53 Å². The third-order valence-corrected chi connectivity index (χ3v) is 3.45. The lowest BCUT2D eigenvalue weighted by molar-refractivity contribution is -0.131. The van der Waals surface area contributed by atoms with E-state index in [0.717, 1.165) is 37.7 Å². The van der Waals surface area contributed by atoms with Crippen LogP contribution in [0.5, 0.6) is 0 Å². The molecule has 1 heterocycles. The molecule has 1 fully saturated rings. The molecule has 2 rings (SSSR count). The lowest BCUT2D eigenvalue weighted by Gasteiger charge is -2.09. The summed E-state index contributed by atoms with van der Waals surface area (Å²) in [5, 5.41) is 11.4. The maximum atomic E-state index is 11.9. The van der Waals surface area contributed by atoms with Gasteiger partial charge in [-0.25, -0.2) is 4.79 Å². The number of carbonyl (C=O) groups excluding carboxylic acids is 1. The zero-order chi connectivity index (χ0) is 15.1. The average Bonchev–Trinajstić information content (AvgIpc) is 2.99. The largest absolute Gasteiger partial charge is 0.478 e. The first kappa shape index (κ1) is 15.3. The predicted molar refractivity (Wildman–Crippen MR) is 79.0 cm³/mol. The van der Waals surface area contributed by atoms with Crippen molar-refractivity contribution in [2.45, 2.75) is 12.8 Å². The summed E-state index contributed by atoms with van der Waals surface area (Å²) in [6.45, 7) is 2.26. The summed E-state index contributed by atoms with van der Waals surface area (Å²) in [6, 6.07) is 6.82. The van der Waals surface area contributed by atoms with Gasteiger partial charge in [-0.15, -0.1) is 0 Å². The van der Waals surface area contributed by atoms with Crippen molar-refractivity contribution in [3.05, 3.63) is 41.5 Å². The summed E-state index contributed by atoms with van der Waals surface area (Å²) in [5.74, 6) is -0.552. The second-order valence-corrected chi connectivity index (χ2v) is 5.07. The number of benzene rings is 1. The highest BCUT2D eigenvalue weighted by Crippen LogP contribution is 2.15. The van der Waals surface area contributed by atoms with Crippen LogP contribution in [0.2, 0.25) is 0 Å². The Morgan fingerprint density at radius 3 is 2.71 bits per heavy atom. The Morgan fingerprint density at radius 1 is 1.33 bits per heavy atom. The minimum Gasteiger partial charge on any atom is -0.478 e. The van der Waals surface area contributed by atoms with Crippen LogP contribution < -0.4 is 5.32 Å². The Bertz CT molecular complexity index is 516. The number of hydrogen-bond donors (Lipinski definition) is 2. The molecule has 5 heteroatoms. The Labute approximate surface area is 123 Å². The van der Waals surface area contributed by atoms with Crippen molar-refractivity contribution in [1.82, 2.24) is 5.32 Å². The Balaban J connectivity index is 1.80. The highest BCUT2D eigenvalue weighted by molar-refractivity contribution is 5.94. The number of amides is 1. The van der Waals surface area contributed by atoms with Crippen LogP contribution in [0.25, 0.3) is 6.08 Å². The lowest BCUT2D eigenvalue weighted by atomic mass is 10.1. The average molecular weight is 289 g/mol. The summed E-state index contributed by atoms with van der Waals surface area (Å²) < 4.78 is 5.29. The van der Waals surface area contributed by atoms with E-state index in [1.54, 1.807) is 24.3 Å². The summed E-state index contributed by atoms with van der Waals surface area (Å²) in [7, 11) is 0. The second-order valence-electron chi connectivity index (χ2n) is 5.07. The molecule has 21 heavy (non-hydrogen) atoms. The van der Waals surface area contributed by atoms with Crippen molar-refractivity contribution >= 4 is 18.0 Å². The number of rotatable bonds is 6. The second kappa shape index (κ2) is 7.59. The van der Waals surface area contributed by atoms with E-state index in [1.165, 1.54) is 6.08 Å². The van der Waals surface area contributed by atoms with Crippen molar-refractivity contribution < 1.29 is 19.4 Å². The fourth-order valence-corrected chi connectivity index (χ4v) is 2.22. The van der Waals surface area contributed by atoms with E-state index in [0.29, 0.717) is 18.0 Å². The van der Waals surface area contributed by atoms with E-state index < -0.39 is 5.97 Å². The van der Waals surface area contributed by atoms with Gasteiger partial charge in [0.2, 0.25) is 0 Å². The predicted octanol–water partition coefficient (Wildman–Crippen LogP) is 1.94. The molecule has 112 valence electrons. The smallest absolute Gasteiger partial charge is 0.328 e. The van der Waals surface area contributed by atoms with E-state index in [1.807, 2.05) is 0 Å². The van der Waals surface area contributed by atoms with E-state index in [9.17, 15) is 9.59 Å². The van der Waals surface area contributed by atoms with E-state index in [2.05, 4.69) is 5.32 Å². The van der Waals surface area contributed by atoms with Gasteiger partial charge in [0.1, 0.15) is 0 Å². The molecular weight excluding hydrogens is 270 g/mol. The SMILES string of the molecule is O=C(O)/C=C/c1ccc(C(=O)NCCC2CCOC2)cc1. The van der Waals surface area contributed by atoms with Gasteiger partial charge in [0.15, 0.2) is 0 Å². The molecule has 1 aliphatic heterocycles. The molecule has 0 aliphatic carbocycles. The first-order valence-corrected chi connectivity index (χ1v) is 7.02. The van der Waals surface area contributed by atoms with Crippen LogP contribution in [0, 0.1) is 5.92 Å². The summed E-state index contributed by atoms with van der Waals surface area (Å²) in [5.41, 5.74) is 1.32. The Hall–Kier alpha value is -2.14. The number of carboxylic acids is 1. The highest BCUT2D eigenvalue weighted by atomic mass is 16.5. The quantitative estimate of drug-likeness (QED) is 0.785. The van der Waals surface area contributed by atoms with Crippen LogP contribution in [0.15, 0.2) is 30.3 Å². The number of aliphatic carboxylic acids is 1. The molecule has 1 aromatic carbocycles. The van der Waals surface area contributed by atoms with Gasteiger partial charge in [0.25, 0.3) is 5.91 Å². The fraction of sp³-hybridized carbons (Fsp3) is 0.375. The summed E-state index contributed by atoms with van der Waals surface area (Å²) in [6.07, 6.45) is 4.56. The maximum Gasteiger partial charge on any atom is 0.328 e. The van der Waals surface area contributed by atoms with Crippen molar-refractivity contribution in [2.75, 3.05) is 19.8 Å². The van der Waals surface area contributed by atoms with Crippen LogP contribution >= 0.6 is 0 Å². The molecule has 1 aliphatic rings. The molecule has 0 spiro atoms. The van der Waals surface area contributed by atoms with Crippen LogP contribution in [0.4, 0.5) is 0 Å². The standard InChI is InChI=1S/C16H19NO4/c18-15(19)6-3-12-1-4-14(5-2-12)16(20)17-9-7-13-8-10-21-11-13/h1-6,13H,7-11H2,(H,17,20)(H,18,19)/b6-3+. The molecule has 1 aromatic rings. The van der Waals surface area contributed by atoms with Crippen molar-refractivity contribution in [1.29, 1.82) is 0 Å². The highest BCUT2D eigenvalue weighted by Gasteiger charge is 2.15. The van der Waals surface area contributed by atoms with Gasteiger partial charge in [-0.2, -0.15) is 0 Å². The van der Waals surface area contributed by atoms with Gasteiger partial charge in [-0.3, -0.25) is 4.79 Å². The molecule has 1 unspecified atom stereocenters. The maximum absolute atomic E-state index is 11.9. The van der Waals surface area contributed by atoms with E-state index >= 15 is 0 Å². The molecule has 0 saturated carbocycles. The fourth-order valence-electron chi connectivity index (χ4n) is 2.22. The molecule has 2 N–H and O–H groups in total. The van der Waals surface area contributed by atoms with Gasteiger partial charge in [-0.1, -0.05) is 12.1 Å².